The van der Waals surface area contributed by atoms with Crippen LogP contribution >= 0.6 is 11.6 Å². The Bertz CT molecular complexity index is 1250. The molecule has 0 atom stereocenters. The van der Waals surface area contributed by atoms with Crippen molar-refractivity contribution in [2.75, 3.05) is 0 Å². The Balaban J connectivity index is 1.62. The molecular weight excluding hydrogens is 401 g/mol. The topological polar surface area (TPSA) is 46.4 Å². The number of hydrogen-bond donors (Lipinski definition) is 1. The smallest absolute Gasteiger partial charge is 0.271 e. The maximum atomic E-state index is 13.0. The van der Waals surface area contributed by atoms with E-state index in [1.54, 1.807) is 6.21 Å². The molecule has 0 radical (unpaired) electrons. The van der Waals surface area contributed by atoms with Crippen molar-refractivity contribution in [1.82, 2.24) is 9.99 Å². The quantitative estimate of drug-likeness (QED) is 0.334. The third-order valence-corrected chi connectivity index (χ3v) is 5.21. The van der Waals surface area contributed by atoms with Gasteiger partial charge in [0.15, 0.2) is 0 Å². The van der Waals surface area contributed by atoms with Gasteiger partial charge in [0.25, 0.3) is 5.91 Å². The summed E-state index contributed by atoms with van der Waals surface area (Å²) in [5.41, 5.74) is 6.96. The number of fused-ring (bicyclic) bond motifs is 1. The van der Waals surface area contributed by atoms with Gasteiger partial charge < -0.3 is 4.57 Å². The van der Waals surface area contributed by atoms with Crippen LogP contribution in [0.5, 0.6) is 0 Å². The fourth-order valence-corrected chi connectivity index (χ4v) is 3.68. The lowest BCUT2D eigenvalue weighted by Gasteiger charge is -2.09. The highest BCUT2D eigenvalue weighted by atomic mass is 35.5. The van der Waals surface area contributed by atoms with Gasteiger partial charge in [-0.15, -0.1) is 0 Å². The predicted octanol–water partition coefficient (Wildman–Crippen LogP) is 5.55. The summed E-state index contributed by atoms with van der Waals surface area (Å²) < 4.78 is 15.2. The number of rotatable bonds is 5. The van der Waals surface area contributed by atoms with Gasteiger partial charge in [0, 0.05) is 39.3 Å². The average Bonchev–Trinajstić information content (AvgIpc) is 3.00. The number of carbonyl (C=O) groups excluding carboxylic acids is 1. The summed E-state index contributed by atoms with van der Waals surface area (Å²) in [6.45, 7) is 2.69. The highest BCUT2D eigenvalue weighted by Crippen LogP contribution is 2.26. The van der Waals surface area contributed by atoms with Crippen LogP contribution in [0.1, 0.15) is 27.2 Å². The zero-order valence-corrected chi connectivity index (χ0v) is 17.0. The lowest BCUT2D eigenvalue weighted by Crippen LogP contribution is -2.17. The normalized spacial score (nSPS) is 11.3. The number of hydrazone groups is 1. The Morgan fingerprint density at radius 1 is 1.10 bits per heavy atom. The lowest BCUT2D eigenvalue weighted by atomic mass is 10.1. The molecule has 0 aliphatic rings. The largest absolute Gasteiger partial charge is 0.340 e. The van der Waals surface area contributed by atoms with Crippen molar-refractivity contribution in [3.8, 4) is 0 Å². The minimum atomic E-state index is -0.397. The predicted molar refractivity (Wildman–Crippen MR) is 119 cm³/mol. The van der Waals surface area contributed by atoms with E-state index in [1.165, 1.54) is 24.3 Å². The van der Waals surface area contributed by atoms with Crippen molar-refractivity contribution in [3.05, 3.63) is 106 Å². The van der Waals surface area contributed by atoms with Gasteiger partial charge in [-0.3, -0.25) is 4.79 Å². The average molecular weight is 420 g/mol. The van der Waals surface area contributed by atoms with Crippen LogP contribution in [0.4, 0.5) is 4.39 Å². The first-order valence-corrected chi connectivity index (χ1v) is 9.82. The molecule has 6 heteroatoms. The first-order chi connectivity index (χ1) is 14.5. The van der Waals surface area contributed by atoms with E-state index in [2.05, 4.69) is 21.2 Å². The van der Waals surface area contributed by atoms with Crippen LogP contribution in [0.25, 0.3) is 10.9 Å². The maximum Gasteiger partial charge on any atom is 0.271 e. The molecule has 4 aromatic rings. The fourth-order valence-electron chi connectivity index (χ4n) is 3.46. The van der Waals surface area contributed by atoms with Gasteiger partial charge in [-0.2, -0.15) is 5.10 Å². The van der Waals surface area contributed by atoms with Crippen LogP contribution in [0.15, 0.2) is 77.9 Å². The monoisotopic (exact) mass is 419 g/mol. The summed E-state index contributed by atoms with van der Waals surface area (Å²) in [5, 5.41) is 5.87. The van der Waals surface area contributed by atoms with E-state index in [9.17, 15) is 9.18 Å². The Morgan fingerprint density at radius 3 is 2.63 bits per heavy atom. The summed E-state index contributed by atoms with van der Waals surface area (Å²) in [7, 11) is 0. The fraction of sp³-hybridized carbons (Fsp3) is 0.0833. The summed E-state index contributed by atoms with van der Waals surface area (Å²) in [4.78, 5) is 12.2. The van der Waals surface area contributed by atoms with Gasteiger partial charge in [0.1, 0.15) is 5.82 Å². The maximum absolute atomic E-state index is 13.0. The van der Waals surface area contributed by atoms with Crippen LogP contribution in [-0.2, 0) is 6.54 Å². The third-order valence-electron chi connectivity index (χ3n) is 4.98. The second-order valence-electron chi connectivity index (χ2n) is 6.94. The number of amides is 1. The van der Waals surface area contributed by atoms with Gasteiger partial charge in [-0.25, -0.2) is 9.82 Å². The van der Waals surface area contributed by atoms with E-state index < -0.39 is 11.7 Å². The summed E-state index contributed by atoms with van der Waals surface area (Å²) in [5.74, 6) is -0.787. The highest BCUT2D eigenvalue weighted by molar-refractivity contribution is 6.30. The molecule has 0 fully saturated rings. The van der Waals surface area contributed by atoms with E-state index >= 15 is 0 Å². The molecule has 0 bridgehead atoms. The number of para-hydroxylation sites is 1. The number of nitrogens with one attached hydrogen (secondary N) is 1. The summed E-state index contributed by atoms with van der Waals surface area (Å²) in [6.07, 6.45) is 1.65. The van der Waals surface area contributed by atoms with E-state index in [-0.39, 0.29) is 0 Å². The Morgan fingerprint density at radius 2 is 1.87 bits per heavy atom. The SMILES string of the molecule is Cc1c(/C=N\NC(=O)c2ccc(F)cc2)c2ccccc2n1Cc1cccc(Cl)c1. The molecule has 0 saturated heterocycles. The van der Waals surface area contributed by atoms with E-state index in [1.807, 2.05) is 49.4 Å². The molecule has 1 heterocycles. The number of benzene rings is 3. The number of aromatic nitrogens is 1. The van der Waals surface area contributed by atoms with Crippen molar-refractivity contribution >= 4 is 34.6 Å². The number of nitrogens with zero attached hydrogens (tertiary/aromatic N) is 2. The molecular formula is C24H19ClFN3O. The molecule has 0 unspecified atom stereocenters. The van der Waals surface area contributed by atoms with Gasteiger partial charge in [0.05, 0.1) is 6.21 Å². The second kappa shape index (κ2) is 8.51. The van der Waals surface area contributed by atoms with Crippen LogP contribution in [0.3, 0.4) is 0 Å². The van der Waals surface area contributed by atoms with Crippen LogP contribution in [-0.4, -0.2) is 16.7 Å². The van der Waals surface area contributed by atoms with Crippen molar-refractivity contribution in [3.63, 3.8) is 0 Å². The lowest BCUT2D eigenvalue weighted by molar-refractivity contribution is 0.0955. The molecule has 4 rings (SSSR count). The molecule has 0 aliphatic heterocycles. The zero-order chi connectivity index (χ0) is 21.1. The minimum Gasteiger partial charge on any atom is -0.340 e. The third kappa shape index (κ3) is 4.11. The molecule has 0 spiro atoms. The van der Waals surface area contributed by atoms with Crippen molar-refractivity contribution < 1.29 is 9.18 Å². The molecule has 1 N–H and O–H groups in total. The van der Waals surface area contributed by atoms with Gasteiger partial charge >= 0.3 is 0 Å². The molecule has 150 valence electrons. The molecule has 1 aromatic heterocycles. The summed E-state index contributed by atoms with van der Waals surface area (Å²) in [6, 6.07) is 21.2. The molecule has 4 nitrogen and oxygen atoms in total. The number of hydrogen-bond acceptors (Lipinski definition) is 2. The molecule has 0 aliphatic carbocycles. The van der Waals surface area contributed by atoms with Crippen LogP contribution < -0.4 is 5.43 Å². The van der Waals surface area contributed by atoms with Crippen molar-refractivity contribution in [2.24, 2.45) is 5.10 Å². The van der Waals surface area contributed by atoms with Gasteiger partial charge in [-0.05, 0) is 55.0 Å². The van der Waals surface area contributed by atoms with Crippen molar-refractivity contribution in [2.45, 2.75) is 13.5 Å². The molecule has 0 saturated carbocycles. The van der Waals surface area contributed by atoms with E-state index in [4.69, 9.17) is 11.6 Å². The number of halogens is 2. The van der Waals surface area contributed by atoms with Crippen molar-refractivity contribution in [1.29, 1.82) is 0 Å². The Hall–Kier alpha value is -3.44. The van der Waals surface area contributed by atoms with Crippen LogP contribution in [0.2, 0.25) is 5.02 Å². The van der Waals surface area contributed by atoms with Gasteiger partial charge in [0.2, 0.25) is 0 Å². The van der Waals surface area contributed by atoms with E-state index in [0.717, 1.165) is 27.7 Å². The Kier molecular flexibility index (Phi) is 5.63. The first kappa shape index (κ1) is 19.9. The van der Waals surface area contributed by atoms with Gasteiger partial charge in [-0.1, -0.05) is 41.9 Å². The first-order valence-electron chi connectivity index (χ1n) is 9.44. The zero-order valence-electron chi connectivity index (χ0n) is 16.3. The highest BCUT2D eigenvalue weighted by Gasteiger charge is 2.13. The molecule has 30 heavy (non-hydrogen) atoms. The second-order valence-corrected chi connectivity index (χ2v) is 7.37. The Labute approximate surface area is 178 Å². The molecule has 1 amide bonds. The number of carbonyl (C=O) groups is 1. The summed E-state index contributed by atoms with van der Waals surface area (Å²) >= 11 is 6.14. The standard InChI is InChI=1S/C24H19ClFN3O/c1-16-22(14-27-28-24(30)18-9-11-20(26)12-10-18)21-7-2-3-8-23(21)29(16)15-17-5-4-6-19(25)13-17/h2-14H,15H2,1H3,(H,28,30)/b27-14-. The van der Waals surface area contributed by atoms with Crippen LogP contribution in [0, 0.1) is 12.7 Å². The minimum absolute atomic E-state index is 0.341. The molecule has 3 aromatic carbocycles. The van der Waals surface area contributed by atoms with E-state index in [0.29, 0.717) is 17.1 Å².